The van der Waals surface area contributed by atoms with Crippen LogP contribution in [0.3, 0.4) is 0 Å². The molecule has 3 rings (SSSR count). The smallest absolute Gasteiger partial charge is 0.255 e. The maximum Gasteiger partial charge on any atom is 0.255 e. The van der Waals surface area contributed by atoms with Crippen LogP contribution in [0.2, 0.25) is 0 Å². The minimum atomic E-state index is -0.429. The van der Waals surface area contributed by atoms with E-state index in [0.29, 0.717) is 29.9 Å². The van der Waals surface area contributed by atoms with Gasteiger partial charge in [0.05, 0.1) is 0 Å². The van der Waals surface area contributed by atoms with Gasteiger partial charge in [-0.1, -0.05) is 42.5 Å². The van der Waals surface area contributed by atoms with Crippen molar-refractivity contribution in [2.24, 2.45) is 0 Å². The molecule has 3 aromatic rings. The molecular weight excluding hydrogens is 355 g/mol. The van der Waals surface area contributed by atoms with E-state index in [4.69, 9.17) is 0 Å². The summed E-state index contributed by atoms with van der Waals surface area (Å²) in [5, 5.41) is 2.64. The molecule has 0 fully saturated rings. The molecule has 0 radical (unpaired) electrons. The van der Waals surface area contributed by atoms with Crippen LogP contribution in [0.1, 0.15) is 33.2 Å². The first-order valence-electron chi connectivity index (χ1n) is 9.07. The molecule has 0 unspecified atom stereocenters. The van der Waals surface area contributed by atoms with Crippen molar-refractivity contribution in [3.8, 4) is 0 Å². The predicted molar refractivity (Wildman–Crippen MR) is 108 cm³/mol. The number of nitrogens with zero attached hydrogens (tertiary/aromatic N) is 1. The monoisotopic (exact) mass is 376 g/mol. The molecule has 0 aliphatic rings. The zero-order valence-electron chi connectivity index (χ0n) is 15.6. The second-order valence-corrected chi connectivity index (χ2v) is 6.35. The second kappa shape index (κ2) is 8.95. The quantitative estimate of drug-likeness (QED) is 0.675. The number of hydrogen-bond acceptors (Lipinski definition) is 2. The van der Waals surface area contributed by atoms with E-state index < -0.39 is 11.7 Å². The summed E-state index contributed by atoms with van der Waals surface area (Å²) in [6, 6.07) is 22.0. The number of hydrogen-bond donors (Lipinski definition) is 1. The van der Waals surface area contributed by atoms with Gasteiger partial charge in [0.2, 0.25) is 0 Å². The van der Waals surface area contributed by atoms with Gasteiger partial charge in [0.1, 0.15) is 5.82 Å². The second-order valence-electron chi connectivity index (χ2n) is 6.35. The van der Waals surface area contributed by atoms with Crippen LogP contribution in [0, 0.1) is 5.82 Å². The number of carbonyl (C=O) groups excluding carboxylic acids is 2. The van der Waals surface area contributed by atoms with Gasteiger partial charge in [0.15, 0.2) is 0 Å². The number of anilines is 1. The van der Waals surface area contributed by atoms with Crippen molar-refractivity contribution in [2.45, 2.75) is 13.5 Å². The van der Waals surface area contributed by atoms with Crippen LogP contribution in [0.4, 0.5) is 10.1 Å². The van der Waals surface area contributed by atoms with Gasteiger partial charge < -0.3 is 10.2 Å². The lowest BCUT2D eigenvalue weighted by Crippen LogP contribution is -2.30. The number of halogens is 1. The standard InChI is InChI=1S/C23H21FN2O2/c1-2-26(16-17-8-4-3-5-9-17)23(28)19-11-6-10-18(14-19)22(27)25-21-13-7-12-20(24)15-21/h3-15H,2,16H2,1H3,(H,25,27). The first kappa shape index (κ1) is 19.3. The SMILES string of the molecule is CCN(Cc1ccccc1)C(=O)c1cccc(C(=O)Nc2cccc(F)c2)c1. The zero-order chi connectivity index (χ0) is 19.9. The summed E-state index contributed by atoms with van der Waals surface area (Å²) in [6.07, 6.45) is 0. The molecule has 0 aliphatic heterocycles. The lowest BCUT2D eigenvalue weighted by molar-refractivity contribution is 0.0752. The van der Waals surface area contributed by atoms with E-state index in [1.807, 2.05) is 37.3 Å². The normalized spacial score (nSPS) is 10.4. The van der Waals surface area contributed by atoms with Crippen LogP contribution < -0.4 is 5.32 Å². The highest BCUT2D eigenvalue weighted by molar-refractivity contribution is 6.06. The van der Waals surface area contributed by atoms with Crippen LogP contribution in [0.25, 0.3) is 0 Å². The molecule has 142 valence electrons. The highest BCUT2D eigenvalue weighted by atomic mass is 19.1. The molecule has 0 spiro atoms. The average molecular weight is 376 g/mol. The van der Waals surface area contributed by atoms with Crippen molar-refractivity contribution in [1.82, 2.24) is 4.90 Å². The minimum Gasteiger partial charge on any atom is -0.335 e. The molecule has 0 bridgehead atoms. The van der Waals surface area contributed by atoms with Crippen LogP contribution in [0.15, 0.2) is 78.9 Å². The molecule has 3 aromatic carbocycles. The topological polar surface area (TPSA) is 49.4 Å². The summed E-state index contributed by atoms with van der Waals surface area (Å²) in [5.74, 6) is -0.973. The van der Waals surface area contributed by atoms with E-state index in [1.54, 1.807) is 35.2 Å². The molecule has 2 amide bonds. The minimum absolute atomic E-state index is 0.147. The van der Waals surface area contributed by atoms with Gasteiger partial charge in [-0.25, -0.2) is 4.39 Å². The maximum atomic E-state index is 13.3. The van der Waals surface area contributed by atoms with E-state index >= 15 is 0 Å². The van der Waals surface area contributed by atoms with E-state index in [0.717, 1.165) is 5.56 Å². The van der Waals surface area contributed by atoms with Crippen LogP contribution in [-0.4, -0.2) is 23.3 Å². The Morgan fingerprint density at radius 3 is 2.32 bits per heavy atom. The molecule has 0 aromatic heterocycles. The molecular formula is C23H21FN2O2. The van der Waals surface area contributed by atoms with Crippen molar-refractivity contribution in [2.75, 3.05) is 11.9 Å². The Morgan fingerprint density at radius 2 is 1.61 bits per heavy atom. The Labute approximate surface area is 163 Å². The van der Waals surface area contributed by atoms with Crippen LogP contribution in [-0.2, 0) is 6.54 Å². The Bertz CT molecular complexity index is 973. The summed E-state index contributed by atoms with van der Waals surface area (Å²) in [4.78, 5) is 27.1. The summed E-state index contributed by atoms with van der Waals surface area (Å²) in [6.45, 7) is 2.96. The Balaban J connectivity index is 1.75. The molecule has 0 aliphatic carbocycles. The van der Waals surface area contributed by atoms with E-state index in [-0.39, 0.29) is 5.91 Å². The number of nitrogens with one attached hydrogen (secondary N) is 1. The first-order chi connectivity index (χ1) is 13.6. The predicted octanol–water partition coefficient (Wildman–Crippen LogP) is 4.74. The molecule has 28 heavy (non-hydrogen) atoms. The van der Waals surface area contributed by atoms with Gasteiger partial charge in [0.25, 0.3) is 11.8 Å². The Hall–Kier alpha value is -3.47. The average Bonchev–Trinajstić information content (AvgIpc) is 2.72. The van der Waals surface area contributed by atoms with Crippen molar-refractivity contribution in [1.29, 1.82) is 0 Å². The third-order valence-corrected chi connectivity index (χ3v) is 4.34. The van der Waals surface area contributed by atoms with Gasteiger partial charge in [-0.3, -0.25) is 9.59 Å². The molecule has 5 heteroatoms. The maximum absolute atomic E-state index is 13.3. The lowest BCUT2D eigenvalue weighted by Gasteiger charge is -2.21. The van der Waals surface area contributed by atoms with Crippen LogP contribution in [0.5, 0.6) is 0 Å². The van der Waals surface area contributed by atoms with E-state index in [1.165, 1.54) is 18.2 Å². The summed E-state index contributed by atoms with van der Waals surface area (Å²) in [5.41, 5.74) is 2.18. The molecule has 1 N–H and O–H groups in total. The molecule has 0 atom stereocenters. The van der Waals surface area contributed by atoms with Crippen molar-refractivity contribution < 1.29 is 14.0 Å². The Morgan fingerprint density at radius 1 is 0.893 bits per heavy atom. The third-order valence-electron chi connectivity index (χ3n) is 4.34. The van der Waals surface area contributed by atoms with Gasteiger partial charge in [-0.2, -0.15) is 0 Å². The van der Waals surface area contributed by atoms with Crippen molar-refractivity contribution >= 4 is 17.5 Å². The van der Waals surface area contributed by atoms with Gasteiger partial charge >= 0.3 is 0 Å². The van der Waals surface area contributed by atoms with Gasteiger partial charge in [0, 0.05) is 29.9 Å². The number of amides is 2. The van der Waals surface area contributed by atoms with Crippen molar-refractivity contribution in [3.63, 3.8) is 0 Å². The first-order valence-corrected chi connectivity index (χ1v) is 9.07. The fourth-order valence-electron chi connectivity index (χ4n) is 2.88. The number of rotatable bonds is 6. The number of carbonyl (C=O) groups is 2. The number of benzene rings is 3. The fourth-order valence-corrected chi connectivity index (χ4v) is 2.88. The third kappa shape index (κ3) is 4.82. The lowest BCUT2D eigenvalue weighted by atomic mass is 10.1. The van der Waals surface area contributed by atoms with E-state index in [9.17, 15) is 14.0 Å². The van der Waals surface area contributed by atoms with Crippen LogP contribution >= 0.6 is 0 Å². The summed E-state index contributed by atoms with van der Waals surface area (Å²) < 4.78 is 13.3. The summed E-state index contributed by atoms with van der Waals surface area (Å²) >= 11 is 0. The van der Waals surface area contributed by atoms with E-state index in [2.05, 4.69) is 5.32 Å². The largest absolute Gasteiger partial charge is 0.335 e. The van der Waals surface area contributed by atoms with Gasteiger partial charge in [-0.05, 0) is 48.9 Å². The summed E-state index contributed by atoms with van der Waals surface area (Å²) in [7, 11) is 0. The fraction of sp³-hybridized carbons (Fsp3) is 0.130. The van der Waals surface area contributed by atoms with Crippen molar-refractivity contribution in [3.05, 3.63) is 101 Å². The Kier molecular flexibility index (Phi) is 6.17. The molecule has 0 saturated heterocycles. The highest BCUT2D eigenvalue weighted by Crippen LogP contribution is 2.15. The molecule has 0 heterocycles. The van der Waals surface area contributed by atoms with Gasteiger partial charge in [-0.15, -0.1) is 0 Å². The highest BCUT2D eigenvalue weighted by Gasteiger charge is 2.16. The molecule has 4 nitrogen and oxygen atoms in total. The zero-order valence-corrected chi connectivity index (χ0v) is 15.6. The molecule has 0 saturated carbocycles.